The summed E-state index contributed by atoms with van der Waals surface area (Å²) in [5, 5.41) is 0.883. The number of carbonyl (C=O) groups excluding carboxylic acids is 2. The van der Waals surface area contributed by atoms with Gasteiger partial charge in [-0.25, -0.2) is 0 Å². The van der Waals surface area contributed by atoms with Crippen LogP contribution in [-0.4, -0.2) is 31.6 Å². The fourth-order valence-corrected chi connectivity index (χ4v) is 3.41. The normalized spacial score (nSPS) is 10.7. The minimum absolute atomic E-state index is 0.0629. The third-order valence-electron chi connectivity index (χ3n) is 5.11. The molecule has 3 aromatic rings. The fraction of sp³-hybridized carbons (Fsp3) is 0.360. The van der Waals surface area contributed by atoms with Crippen molar-refractivity contribution in [3.63, 3.8) is 0 Å². The maximum Gasteiger partial charge on any atom is 0.269 e. The molecule has 2 aromatic carbocycles. The van der Waals surface area contributed by atoms with Crippen LogP contribution in [0.2, 0.25) is 0 Å². The fourth-order valence-electron chi connectivity index (χ4n) is 3.41. The second kappa shape index (κ2) is 10.8. The molecule has 8 nitrogen and oxygen atoms in total. The van der Waals surface area contributed by atoms with Gasteiger partial charge in [-0.15, -0.1) is 0 Å². The average Bonchev–Trinajstić information content (AvgIpc) is 3.15. The second-order valence-electron chi connectivity index (χ2n) is 7.47. The number of aryl methyl sites for hydroxylation is 2. The van der Waals surface area contributed by atoms with E-state index in [1.165, 1.54) is 0 Å². The van der Waals surface area contributed by atoms with Crippen LogP contribution in [0.15, 0.2) is 34.9 Å². The van der Waals surface area contributed by atoms with Crippen LogP contribution in [0.25, 0.3) is 11.0 Å². The summed E-state index contributed by atoms with van der Waals surface area (Å²) in [6.45, 7) is 10.8. The van der Waals surface area contributed by atoms with E-state index in [1.807, 2.05) is 46.8 Å². The highest BCUT2D eigenvalue weighted by Gasteiger charge is 2.19. The molecule has 0 radical (unpaired) electrons. The quantitative estimate of drug-likeness (QED) is 0.469. The van der Waals surface area contributed by atoms with Gasteiger partial charge in [0.25, 0.3) is 5.91 Å². The van der Waals surface area contributed by atoms with Crippen LogP contribution >= 0.6 is 0 Å². The van der Waals surface area contributed by atoms with Gasteiger partial charge >= 0.3 is 0 Å². The summed E-state index contributed by atoms with van der Waals surface area (Å²) in [4.78, 5) is 25.2. The van der Waals surface area contributed by atoms with Gasteiger partial charge in [0.1, 0.15) is 5.58 Å². The van der Waals surface area contributed by atoms with Crippen LogP contribution in [-0.2, 0) is 11.2 Å². The number of benzene rings is 2. The molecular weight excluding hydrogens is 424 g/mol. The smallest absolute Gasteiger partial charge is 0.269 e. The first-order chi connectivity index (χ1) is 15.9. The van der Waals surface area contributed by atoms with Crippen LogP contribution in [0.5, 0.6) is 17.2 Å². The summed E-state index contributed by atoms with van der Waals surface area (Å²) in [7, 11) is 0. The van der Waals surface area contributed by atoms with Crippen LogP contribution in [0.1, 0.15) is 47.8 Å². The van der Waals surface area contributed by atoms with Crippen molar-refractivity contribution in [3.8, 4) is 17.2 Å². The molecular formula is C25H30N2O6. The average molecular weight is 455 g/mol. The van der Waals surface area contributed by atoms with Crippen molar-refractivity contribution in [1.82, 2.24) is 10.9 Å². The molecule has 3 rings (SSSR count). The van der Waals surface area contributed by atoms with Crippen molar-refractivity contribution >= 4 is 22.8 Å². The van der Waals surface area contributed by atoms with E-state index >= 15 is 0 Å². The number of furan rings is 1. The van der Waals surface area contributed by atoms with Gasteiger partial charge in [-0.1, -0.05) is 0 Å². The molecule has 0 saturated carbocycles. The molecule has 1 aromatic heterocycles. The predicted octanol–water partition coefficient (Wildman–Crippen LogP) is 4.25. The van der Waals surface area contributed by atoms with Crippen molar-refractivity contribution in [2.45, 2.75) is 41.0 Å². The highest BCUT2D eigenvalue weighted by Crippen LogP contribution is 2.39. The molecule has 0 unspecified atom stereocenters. The first-order valence-electron chi connectivity index (χ1n) is 11.0. The zero-order valence-corrected chi connectivity index (χ0v) is 19.7. The molecule has 0 fully saturated rings. The molecule has 0 atom stereocenters. The Bertz CT molecular complexity index is 1120. The first kappa shape index (κ1) is 24.0. The Hall–Kier alpha value is -3.68. The van der Waals surface area contributed by atoms with E-state index in [-0.39, 0.29) is 17.9 Å². The molecule has 176 valence electrons. The number of hydrogen-bond acceptors (Lipinski definition) is 6. The van der Waals surface area contributed by atoms with E-state index in [0.717, 1.165) is 27.7 Å². The lowest BCUT2D eigenvalue weighted by Gasteiger charge is -2.17. The van der Waals surface area contributed by atoms with Crippen LogP contribution in [0, 0.1) is 13.8 Å². The molecule has 2 amide bonds. The molecule has 0 bridgehead atoms. The molecule has 0 aliphatic rings. The lowest BCUT2D eigenvalue weighted by atomic mass is 10.0. The summed E-state index contributed by atoms with van der Waals surface area (Å²) in [5.74, 6) is 0.371. The third kappa shape index (κ3) is 5.58. The van der Waals surface area contributed by atoms with Crippen molar-refractivity contribution in [3.05, 3.63) is 52.8 Å². The first-order valence-corrected chi connectivity index (χ1v) is 11.0. The van der Waals surface area contributed by atoms with Crippen molar-refractivity contribution in [2.75, 3.05) is 19.8 Å². The number of carbonyl (C=O) groups is 2. The molecule has 33 heavy (non-hydrogen) atoms. The van der Waals surface area contributed by atoms with Gasteiger partial charge in [0, 0.05) is 16.5 Å². The number of rotatable bonds is 9. The monoisotopic (exact) mass is 454 g/mol. The van der Waals surface area contributed by atoms with Crippen molar-refractivity contribution in [1.29, 1.82) is 0 Å². The molecule has 0 aliphatic heterocycles. The maximum absolute atomic E-state index is 12.7. The van der Waals surface area contributed by atoms with Gasteiger partial charge < -0.3 is 18.6 Å². The molecule has 2 N–H and O–H groups in total. The highest BCUT2D eigenvalue weighted by molar-refractivity contribution is 5.97. The molecule has 0 aliphatic carbocycles. The summed E-state index contributed by atoms with van der Waals surface area (Å²) in [5.41, 5.74) is 8.89. The Balaban J connectivity index is 1.72. The summed E-state index contributed by atoms with van der Waals surface area (Å²) in [6.07, 6.45) is 1.63. The number of fused-ring (bicyclic) bond motifs is 1. The van der Waals surface area contributed by atoms with E-state index in [9.17, 15) is 9.59 Å². The number of nitrogens with one attached hydrogen (secondary N) is 2. The second-order valence-corrected chi connectivity index (χ2v) is 7.47. The molecule has 1 heterocycles. The number of amides is 2. The largest absolute Gasteiger partial charge is 0.490 e. The minimum atomic E-state index is -0.503. The van der Waals surface area contributed by atoms with E-state index < -0.39 is 5.91 Å². The Labute approximate surface area is 193 Å². The van der Waals surface area contributed by atoms with E-state index in [2.05, 4.69) is 10.9 Å². The zero-order chi connectivity index (χ0) is 24.0. The number of ether oxygens (including phenoxy) is 3. The van der Waals surface area contributed by atoms with E-state index in [4.69, 9.17) is 18.6 Å². The van der Waals surface area contributed by atoms with Crippen molar-refractivity contribution < 1.29 is 28.2 Å². The predicted molar refractivity (Wildman–Crippen MR) is 125 cm³/mol. The summed E-state index contributed by atoms with van der Waals surface area (Å²) < 4.78 is 22.5. The maximum atomic E-state index is 12.7. The third-order valence-corrected chi connectivity index (χ3v) is 5.11. The van der Waals surface area contributed by atoms with E-state index in [0.29, 0.717) is 37.1 Å². The Morgan fingerprint density at radius 2 is 1.45 bits per heavy atom. The molecule has 8 heteroatoms. The van der Waals surface area contributed by atoms with Gasteiger partial charge in [0.05, 0.1) is 32.5 Å². The van der Waals surface area contributed by atoms with Crippen molar-refractivity contribution in [2.24, 2.45) is 0 Å². The highest BCUT2D eigenvalue weighted by atomic mass is 16.5. The number of hydrogen-bond donors (Lipinski definition) is 2. The van der Waals surface area contributed by atoms with Crippen LogP contribution in [0.4, 0.5) is 0 Å². The molecule has 0 saturated heterocycles. The SMILES string of the molecule is CCOc1cc(C(=O)NNC(=O)Cc2coc3cc(C)c(C)cc23)cc(OCC)c1OCC. The summed E-state index contributed by atoms with van der Waals surface area (Å²) in [6, 6.07) is 7.08. The van der Waals surface area contributed by atoms with Gasteiger partial charge in [-0.2, -0.15) is 0 Å². The van der Waals surface area contributed by atoms with Crippen LogP contribution < -0.4 is 25.1 Å². The Morgan fingerprint density at radius 3 is 2.06 bits per heavy atom. The van der Waals surface area contributed by atoms with E-state index in [1.54, 1.807) is 18.4 Å². The topological polar surface area (TPSA) is 99.0 Å². The molecule has 0 spiro atoms. The van der Waals surface area contributed by atoms with Gasteiger partial charge in [-0.05, 0) is 70.0 Å². The number of hydrazine groups is 1. The van der Waals surface area contributed by atoms with Crippen LogP contribution in [0.3, 0.4) is 0 Å². The van der Waals surface area contributed by atoms with Gasteiger partial charge in [0.15, 0.2) is 11.5 Å². The minimum Gasteiger partial charge on any atom is -0.490 e. The lowest BCUT2D eigenvalue weighted by molar-refractivity contribution is -0.121. The van der Waals surface area contributed by atoms with Gasteiger partial charge in [-0.3, -0.25) is 20.4 Å². The lowest BCUT2D eigenvalue weighted by Crippen LogP contribution is -2.42. The zero-order valence-electron chi connectivity index (χ0n) is 19.7. The standard InChI is InChI=1S/C25H30N2O6/c1-6-30-21-11-17(12-22(31-7-2)24(21)32-8-3)25(29)27-26-23(28)13-18-14-33-20-10-16(5)15(4)9-19(18)20/h9-12,14H,6-8,13H2,1-5H3,(H,26,28)(H,27,29). The Kier molecular flexibility index (Phi) is 7.82. The van der Waals surface area contributed by atoms with Gasteiger partial charge in [0.2, 0.25) is 11.7 Å². The Morgan fingerprint density at radius 1 is 0.848 bits per heavy atom. The summed E-state index contributed by atoms with van der Waals surface area (Å²) >= 11 is 0.